The second-order valence-electron chi connectivity index (χ2n) is 9.30. The normalized spacial score (nSPS) is 18.5. The van der Waals surface area contributed by atoms with Crippen LogP contribution in [0.25, 0.3) is 0 Å². The van der Waals surface area contributed by atoms with E-state index in [4.69, 9.17) is 29.3 Å². The molecule has 2 aromatic heterocycles. The van der Waals surface area contributed by atoms with Crippen LogP contribution in [-0.2, 0) is 32.2 Å². The first-order valence-corrected chi connectivity index (χ1v) is 12.6. The Morgan fingerprint density at radius 1 is 1.00 bits per heavy atom. The van der Waals surface area contributed by atoms with E-state index in [0.717, 1.165) is 69.8 Å². The second-order valence-corrected chi connectivity index (χ2v) is 9.30. The van der Waals surface area contributed by atoms with Gasteiger partial charge < -0.3 is 19.7 Å². The lowest BCUT2D eigenvalue weighted by molar-refractivity contribution is -0.193. The van der Waals surface area contributed by atoms with Gasteiger partial charge in [0.05, 0.1) is 17.9 Å². The number of pyridine rings is 2. The van der Waals surface area contributed by atoms with Crippen LogP contribution in [0.5, 0.6) is 0 Å². The Labute approximate surface area is 232 Å². The third-order valence-corrected chi connectivity index (χ3v) is 6.50. The summed E-state index contributed by atoms with van der Waals surface area (Å²) in [5.41, 5.74) is 2.36. The number of rotatable bonds is 7. The van der Waals surface area contributed by atoms with Crippen molar-refractivity contribution < 1.29 is 55.6 Å². The molecule has 41 heavy (non-hydrogen) atoms. The summed E-state index contributed by atoms with van der Waals surface area (Å²) in [6.45, 7) is 5.45. The van der Waals surface area contributed by atoms with E-state index in [1.165, 1.54) is 0 Å². The van der Waals surface area contributed by atoms with Crippen molar-refractivity contribution in [3.8, 4) is 0 Å². The van der Waals surface area contributed by atoms with Crippen molar-refractivity contribution in [1.82, 2.24) is 14.9 Å². The zero-order valence-corrected chi connectivity index (χ0v) is 21.9. The SMILES string of the molecule is O=C(O)C(F)(F)F.O=C(O)C(F)(F)F.c1ccc(CN2CCC3(CC2)OCCC3CCOCc2cccnc2)nc1. The number of carbonyl (C=O) groups is 2. The summed E-state index contributed by atoms with van der Waals surface area (Å²) >= 11 is 0. The fourth-order valence-corrected chi connectivity index (χ4v) is 4.45. The standard InChI is InChI=1S/C22H29N3O2.2C2HF3O2/c1-2-11-24-21(5-1)17-25-12-8-22(9-13-25)20(7-15-27-22)6-14-26-18-19-4-3-10-23-16-19;2*3-2(4,5)1(6)7/h1-5,10-11,16,20H,6-9,12-15,17-18H2;2*(H,6,7). The van der Waals surface area contributed by atoms with E-state index >= 15 is 0 Å². The highest BCUT2D eigenvalue weighted by Crippen LogP contribution is 2.42. The lowest BCUT2D eigenvalue weighted by Crippen LogP contribution is -2.47. The van der Waals surface area contributed by atoms with Crippen LogP contribution in [0.4, 0.5) is 26.3 Å². The highest BCUT2D eigenvalue weighted by molar-refractivity contribution is 5.73. The molecule has 15 heteroatoms. The molecule has 1 unspecified atom stereocenters. The molecule has 228 valence electrons. The molecular weight excluding hydrogens is 564 g/mol. The molecule has 0 bridgehead atoms. The molecule has 2 aromatic rings. The molecule has 1 spiro atoms. The van der Waals surface area contributed by atoms with Crippen molar-refractivity contribution in [3.05, 3.63) is 60.2 Å². The van der Waals surface area contributed by atoms with Crippen LogP contribution >= 0.6 is 0 Å². The molecule has 0 aliphatic carbocycles. The van der Waals surface area contributed by atoms with Crippen molar-refractivity contribution in [2.24, 2.45) is 5.92 Å². The van der Waals surface area contributed by atoms with Gasteiger partial charge in [0.2, 0.25) is 0 Å². The van der Waals surface area contributed by atoms with E-state index in [9.17, 15) is 26.3 Å². The van der Waals surface area contributed by atoms with Gasteiger partial charge in [0, 0.05) is 51.4 Å². The number of halogens is 6. The summed E-state index contributed by atoms with van der Waals surface area (Å²) in [4.78, 5) is 28.9. The molecule has 2 saturated heterocycles. The first-order valence-electron chi connectivity index (χ1n) is 12.6. The summed E-state index contributed by atoms with van der Waals surface area (Å²) in [5, 5.41) is 14.2. The largest absolute Gasteiger partial charge is 0.490 e. The number of carboxylic acid groups (broad SMARTS) is 2. The molecule has 2 fully saturated rings. The molecule has 1 atom stereocenters. The van der Waals surface area contributed by atoms with Crippen LogP contribution in [-0.4, -0.2) is 81.3 Å². The average Bonchev–Trinajstić information content (AvgIpc) is 3.30. The molecule has 0 amide bonds. The number of nitrogens with zero attached hydrogens (tertiary/aromatic N) is 3. The predicted octanol–water partition coefficient (Wildman–Crippen LogP) is 4.72. The number of aromatic nitrogens is 2. The number of ether oxygens (including phenoxy) is 2. The second kappa shape index (κ2) is 15.6. The van der Waals surface area contributed by atoms with Crippen LogP contribution in [0.2, 0.25) is 0 Å². The lowest BCUT2D eigenvalue weighted by atomic mass is 9.78. The number of hydrogen-bond donors (Lipinski definition) is 2. The Morgan fingerprint density at radius 2 is 1.63 bits per heavy atom. The van der Waals surface area contributed by atoms with E-state index < -0.39 is 24.3 Å². The Kier molecular flexibility index (Phi) is 12.9. The van der Waals surface area contributed by atoms with Gasteiger partial charge in [-0.3, -0.25) is 14.9 Å². The molecule has 0 aromatic carbocycles. The average molecular weight is 596 g/mol. The first-order chi connectivity index (χ1) is 19.2. The first kappa shape index (κ1) is 33.9. The zero-order chi connectivity index (χ0) is 30.5. The number of hydrogen-bond acceptors (Lipinski definition) is 7. The third kappa shape index (κ3) is 12.0. The van der Waals surface area contributed by atoms with Gasteiger partial charge in [-0.25, -0.2) is 9.59 Å². The summed E-state index contributed by atoms with van der Waals surface area (Å²) in [7, 11) is 0. The topological polar surface area (TPSA) is 122 Å². The molecule has 2 N–H and O–H groups in total. The Hall–Kier alpha value is -3.30. The van der Waals surface area contributed by atoms with Crippen molar-refractivity contribution in [2.45, 2.75) is 56.8 Å². The molecule has 2 aliphatic rings. The smallest absolute Gasteiger partial charge is 0.475 e. The summed E-state index contributed by atoms with van der Waals surface area (Å²) in [6.07, 6.45) is -0.138. The minimum atomic E-state index is -5.08. The van der Waals surface area contributed by atoms with Gasteiger partial charge in [0.15, 0.2) is 0 Å². The van der Waals surface area contributed by atoms with E-state index in [2.05, 4.69) is 33.1 Å². The molecule has 0 radical (unpaired) electrons. The highest BCUT2D eigenvalue weighted by Gasteiger charge is 2.45. The van der Waals surface area contributed by atoms with Crippen LogP contribution in [0.3, 0.4) is 0 Å². The van der Waals surface area contributed by atoms with E-state index in [0.29, 0.717) is 12.5 Å². The van der Waals surface area contributed by atoms with Crippen LogP contribution in [0.1, 0.15) is 36.9 Å². The van der Waals surface area contributed by atoms with Crippen molar-refractivity contribution in [1.29, 1.82) is 0 Å². The van der Waals surface area contributed by atoms with Gasteiger partial charge in [-0.1, -0.05) is 12.1 Å². The lowest BCUT2D eigenvalue weighted by Gasteiger charge is -2.42. The quantitative estimate of drug-likeness (QED) is 0.346. The van der Waals surface area contributed by atoms with Gasteiger partial charge in [-0.2, -0.15) is 26.3 Å². The number of aliphatic carboxylic acids is 2. The number of carboxylic acids is 2. The van der Waals surface area contributed by atoms with Crippen LogP contribution in [0, 0.1) is 5.92 Å². The maximum absolute atomic E-state index is 10.6. The molecule has 4 rings (SSSR count). The van der Waals surface area contributed by atoms with Crippen molar-refractivity contribution >= 4 is 11.9 Å². The van der Waals surface area contributed by atoms with Gasteiger partial charge >= 0.3 is 24.3 Å². The van der Waals surface area contributed by atoms with Crippen molar-refractivity contribution in [2.75, 3.05) is 26.3 Å². The Bertz CT molecular complexity index is 1040. The Balaban J connectivity index is 0.000000349. The monoisotopic (exact) mass is 595 g/mol. The summed E-state index contributed by atoms with van der Waals surface area (Å²) < 4.78 is 75.7. The fraction of sp³-hybridized carbons (Fsp3) is 0.538. The number of likely N-dealkylation sites (tertiary alicyclic amines) is 1. The third-order valence-electron chi connectivity index (χ3n) is 6.50. The van der Waals surface area contributed by atoms with Crippen molar-refractivity contribution in [3.63, 3.8) is 0 Å². The predicted molar refractivity (Wildman–Crippen MR) is 131 cm³/mol. The highest BCUT2D eigenvalue weighted by atomic mass is 19.4. The van der Waals surface area contributed by atoms with Gasteiger partial charge in [0.1, 0.15) is 0 Å². The van der Waals surface area contributed by atoms with Crippen LogP contribution < -0.4 is 0 Å². The maximum atomic E-state index is 10.6. The van der Waals surface area contributed by atoms with E-state index in [1.54, 1.807) is 6.20 Å². The molecule has 9 nitrogen and oxygen atoms in total. The summed E-state index contributed by atoms with van der Waals surface area (Å²) in [5.74, 6) is -4.90. The fourth-order valence-electron chi connectivity index (χ4n) is 4.45. The van der Waals surface area contributed by atoms with Crippen LogP contribution in [0.15, 0.2) is 48.9 Å². The van der Waals surface area contributed by atoms with Gasteiger partial charge in [0.25, 0.3) is 0 Å². The zero-order valence-electron chi connectivity index (χ0n) is 21.9. The van der Waals surface area contributed by atoms with E-state index in [1.807, 2.05) is 24.5 Å². The van der Waals surface area contributed by atoms with Gasteiger partial charge in [-0.05, 0) is 55.4 Å². The maximum Gasteiger partial charge on any atom is 0.490 e. The van der Waals surface area contributed by atoms with E-state index in [-0.39, 0.29) is 5.60 Å². The van der Waals surface area contributed by atoms with Gasteiger partial charge in [-0.15, -0.1) is 0 Å². The molecular formula is C26H31F6N3O6. The number of alkyl halides is 6. The minimum absolute atomic E-state index is 0.0677. The molecule has 0 saturated carbocycles. The molecule has 4 heterocycles. The Morgan fingerprint density at radius 3 is 2.15 bits per heavy atom. The molecule has 2 aliphatic heterocycles. The number of piperidine rings is 1. The summed E-state index contributed by atoms with van der Waals surface area (Å²) in [6, 6.07) is 10.2. The minimum Gasteiger partial charge on any atom is -0.475 e.